The number of anilines is 1. The largest absolute Gasteiger partial charge is 0.369 e. The molecule has 0 spiro atoms. The highest BCUT2D eigenvalue weighted by Gasteiger charge is 2.10. The Morgan fingerprint density at radius 3 is 3.00 bits per heavy atom. The van der Waals surface area contributed by atoms with E-state index in [1.165, 1.54) is 0 Å². The molecule has 7 heteroatoms. The van der Waals surface area contributed by atoms with Crippen molar-refractivity contribution in [2.24, 2.45) is 0 Å². The van der Waals surface area contributed by atoms with Crippen molar-refractivity contribution in [1.82, 2.24) is 19.9 Å². The van der Waals surface area contributed by atoms with E-state index >= 15 is 0 Å². The summed E-state index contributed by atoms with van der Waals surface area (Å²) in [5.41, 5.74) is 0.297. The van der Waals surface area contributed by atoms with E-state index in [2.05, 4.69) is 25.3 Å². The molecule has 2 N–H and O–H groups in total. The Labute approximate surface area is 115 Å². The number of aldehydes is 1. The van der Waals surface area contributed by atoms with Gasteiger partial charge in [-0.15, -0.1) is 0 Å². The maximum Gasteiger partial charge on any atom is 0.156 e. The molecule has 2 aromatic heterocycles. The van der Waals surface area contributed by atoms with Crippen molar-refractivity contribution in [3.8, 4) is 0 Å². The summed E-state index contributed by atoms with van der Waals surface area (Å²) in [5, 5.41) is 3.28. The number of hydrogen-bond acceptors (Lipinski definition) is 5. The van der Waals surface area contributed by atoms with Crippen LogP contribution in [0.3, 0.4) is 0 Å². The molecule has 0 aliphatic rings. The number of aromatic nitrogens is 4. The fourth-order valence-corrected chi connectivity index (χ4v) is 1.94. The van der Waals surface area contributed by atoms with Gasteiger partial charge < -0.3 is 10.3 Å². The molecular formula is C12H14ClN5O. The highest BCUT2D eigenvalue weighted by molar-refractivity contribution is 6.32. The lowest BCUT2D eigenvalue weighted by atomic mass is 10.3. The molecule has 19 heavy (non-hydrogen) atoms. The Morgan fingerprint density at radius 1 is 1.47 bits per heavy atom. The SMILES string of the molecule is Cc1nc(Cl)c(C=O)c(NCCCc2ncc[nH]2)n1. The first kappa shape index (κ1) is 13.5. The molecule has 0 aliphatic carbocycles. The third-order valence-electron chi connectivity index (χ3n) is 2.57. The van der Waals surface area contributed by atoms with Crippen molar-refractivity contribution < 1.29 is 4.79 Å². The number of H-pyrrole nitrogens is 1. The minimum atomic E-state index is 0.177. The van der Waals surface area contributed by atoms with Crippen LogP contribution in [0.15, 0.2) is 12.4 Å². The maximum absolute atomic E-state index is 11.0. The molecule has 0 aliphatic heterocycles. The van der Waals surface area contributed by atoms with Crippen LogP contribution < -0.4 is 5.32 Å². The number of imidazole rings is 1. The van der Waals surface area contributed by atoms with E-state index in [0.29, 0.717) is 30.0 Å². The minimum Gasteiger partial charge on any atom is -0.369 e. The first-order valence-corrected chi connectivity index (χ1v) is 6.30. The van der Waals surface area contributed by atoms with Gasteiger partial charge in [0.05, 0.1) is 5.56 Å². The maximum atomic E-state index is 11.0. The van der Waals surface area contributed by atoms with Gasteiger partial charge in [0.1, 0.15) is 22.6 Å². The predicted molar refractivity (Wildman–Crippen MR) is 72.6 cm³/mol. The highest BCUT2D eigenvalue weighted by atomic mass is 35.5. The van der Waals surface area contributed by atoms with Gasteiger partial charge in [-0.3, -0.25) is 4.79 Å². The normalized spacial score (nSPS) is 10.4. The summed E-state index contributed by atoms with van der Waals surface area (Å²) >= 11 is 5.89. The smallest absolute Gasteiger partial charge is 0.156 e. The van der Waals surface area contributed by atoms with Crippen molar-refractivity contribution >= 4 is 23.7 Å². The average molecular weight is 280 g/mol. The number of nitrogens with one attached hydrogen (secondary N) is 2. The van der Waals surface area contributed by atoms with Gasteiger partial charge >= 0.3 is 0 Å². The van der Waals surface area contributed by atoms with Crippen molar-refractivity contribution in [3.63, 3.8) is 0 Å². The van der Waals surface area contributed by atoms with E-state index in [-0.39, 0.29) is 5.15 Å². The summed E-state index contributed by atoms with van der Waals surface area (Å²) in [5.74, 6) is 1.95. The number of nitrogens with zero attached hydrogens (tertiary/aromatic N) is 3. The highest BCUT2D eigenvalue weighted by Crippen LogP contribution is 2.18. The number of hydrogen-bond donors (Lipinski definition) is 2. The van der Waals surface area contributed by atoms with Crippen LogP contribution in [-0.2, 0) is 6.42 Å². The first-order valence-electron chi connectivity index (χ1n) is 5.92. The van der Waals surface area contributed by atoms with E-state index < -0.39 is 0 Å². The molecule has 6 nitrogen and oxygen atoms in total. The van der Waals surface area contributed by atoms with Gasteiger partial charge in [0, 0.05) is 25.4 Å². The lowest BCUT2D eigenvalue weighted by Gasteiger charge is -2.09. The Bertz CT molecular complexity index is 555. The van der Waals surface area contributed by atoms with Gasteiger partial charge in [-0.1, -0.05) is 11.6 Å². The summed E-state index contributed by atoms with van der Waals surface area (Å²) in [7, 11) is 0. The summed E-state index contributed by atoms with van der Waals surface area (Å²) in [6.07, 6.45) is 5.87. The standard InChI is InChI=1S/C12H14ClN5O/c1-8-17-11(13)9(7-19)12(18-8)16-4-2-3-10-14-5-6-15-10/h5-7H,2-4H2,1H3,(H,14,15)(H,16,17,18). The van der Waals surface area contributed by atoms with Crippen LogP contribution >= 0.6 is 11.6 Å². The molecule has 0 atom stereocenters. The Hall–Kier alpha value is -1.95. The molecule has 0 bridgehead atoms. The van der Waals surface area contributed by atoms with Crippen molar-refractivity contribution in [3.05, 3.63) is 34.8 Å². The molecule has 0 radical (unpaired) electrons. The summed E-state index contributed by atoms with van der Waals surface area (Å²) in [4.78, 5) is 26.3. The van der Waals surface area contributed by atoms with Crippen LogP contribution in [0.4, 0.5) is 5.82 Å². The summed E-state index contributed by atoms with van der Waals surface area (Å²) in [6, 6.07) is 0. The first-order chi connectivity index (χ1) is 9.20. The molecule has 0 amide bonds. The van der Waals surface area contributed by atoms with Gasteiger partial charge in [-0.2, -0.15) is 0 Å². The zero-order valence-electron chi connectivity index (χ0n) is 10.5. The molecular weight excluding hydrogens is 266 g/mol. The van der Waals surface area contributed by atoms with E-state index in [4.69, 9.17) is 11.6 Å². The second-order valence-corrected chi connectivity index (χ2v) is 4.37. The lowest BCUT2D eigenvalue weighted by molar-refractivity contribution is 0.112. The molecule has 0 saturated carbocycles. The topological polar surface area (TPSA) is 83.6 Å². The molecule has 0 saturated heterocycles. The second kappa shape index (κ2) is 6.29. The van der Waals surface area contributed by atoms with E-state index in [1.807, 2.05) is 0 Å². The molecule has 100 valence electrons. The zero-order valence-corrected chi connectivity index (χ0v) is 11.2. The van der Waals surface area contributed by atoms with Crippen molar-refractivity contribution in [1.29, 1.82) is 0 Å². The van der Waals surface area contributed by atoms with Crippen LogP contribution in [-0.4, -0.2) is 32.8 Å². The number of carbonyl (C=O) groups is 1. The summed E-state index contributed by atoms with van der Waals surface area (Å²) < 4.78 is 0. The van der Waals surface area contributed by atoms with Gasteiger partial charge in [0.25, 0.3) is 0 Å². The van der Waals surface area contributed by atoms with Crippen LogP contribution in [0.5, 0.6) is 0 Å². The number of aromatic amines is 1. The molecule has 0 unspecified atom stereocenters. The molecule has 0 fully saturated rings. The lowest BCUT2D eigenvalue weighted by Crippen LogP contribution is -2.09. The monoisotopic (exact) mass is 279 g/mol. The summed E-state index contributed by atoms with van der Waals surface area (Å²) in [6.45, 7) is 2.41. The van der Waals surface area contributed by atoms with Gasteiger partial charge in [0.15, 0.2) is 6.29 Å². The Kier molecular flexibility index (Phi) is 4.46. The van der Waals surface area contributed by atoms with Gasteiger partial charge in [-0.05, 0) is 13.3 Å². The van der Waals surface area contributed by atoms with Crippen molar-refractivity contribution in [2.75, 3.05) is 11.9 Å². The van der Waals surface area contributed by atoms with Gasteiger partial charge in [-0.25, -0.2) is 15.0 Å². The fraction of sp³-hybridized carbons (Fsp3) is 0.333. The molecule has 0 aromatic carbocycles. The van der Waals surface area contributed by atoms with Crippen LogP contribution in [0, 0.1) is 6.92 Å². The van der Waals surface area contributed by atoms with E-state index in [0.717, 1.165) is 18.7 Å². The molecule has 2 aromatic rings. The number of aryl methyl sites for hydroxylation is 2. The third kappa shape index (κ3) is 3.51. The molecule has 2 rings (SSSR count). The zero-order chi connectivity index (χ0) is 13.7. The molecule has 2 heterocycles. The van der Waals surface area contributed by atoms with E-state index in [1.54, 1.807) is 19.3 Å². The van der Waals surface area contributed by atoms with E-state index in [9.17, 15) is 4.79 Å². The fourth-order valence-electron chi connectivity index (χ4n) is 1.68. The predicted octanol–water partition coefficient (Wildman–Crippen LogP) is 2.02. The van der Waals surface area contributed by atoms with Crippen LogP contribution in [0.2, 0.25) is 5.15 Å². The average Bonchev–Trinajstić information content (AvgIpc) is 2.87. The van der Waals surface area contributed by atoms with Gasteiger partial charge in [0.2, 0.25) is 0 Å². The van der Waals surface area contributed by atoms with Crippen LogP contribution in [0.1, 0.15) is 28.4 Å². The van der Waals surface area contributed by atoms with Crippen LogP contribution in [0.25, 0.3) is 0 Å². The number of carbonyl (C=O) groups excluding carboxylic acids is 1. The Morgan fingerprint density at radius 2 is 2.32 bits per heavy atom. The number of halogens is 1. The Balaban J connectivity index is 1.93. The minimum absolute atomic E-state index is 0.177. The number of rotatable bonds is 6. The third-order valence-corrected chi connectivity index (χ3v) is 2.85. The second-order valence-electron chi connectivity index (χ2n) is 4.01. The quantitative estimate of drug-likeness (QED) is 0.480. The van der Waals surface area contributed by atoms with Crippen molar-refractivity contribution in [2.45, 2.75) is 19.8 Å².